The first kappa shape index (κ1) is 29.6. The summed E-state index contributed by atoms with van der Waals surface area (Å²) in [6, 6.07) is 14.7. The first-order valence-corrected chi connectivity index (χ1v) is 15.3. The summed E-state index contributed by atoms with van der Waals surface area (Å²) in [4.78, 5) is 28.8. The van der Waals surface area contributed by atoms with Crippen molar-refractivity contribution < 1.29 is 24.9 Å². The Morgan fingerprint density at radius 3 is 2.46 bits per heavy atom. The molecule has 0 spiro atoms. The SMILES string of the molecule is CCC1=C([C@H](O)CC/C(=C/c2ccc(O)cc2Cl)c2ccccc2)[C@H](CO)[C@@H]2C(=O)N(C3CCCCC3)C(=O)[C@@H]2C1. The van der Waals surface area contributed by atoms with Gasteiger partial charge in [-0.15, -0.1) is 0 Å². The highest BCUT2D eigenvalue weighted by atomic mass is 35.5. The second-order valence-electron chi connectivity index (χ2n) is 11.7. The molecule has 5 rings (SSSR count). The molecule has 1 saturated carbocycles. The van der Waals surface area contributed by atoms with E-state index in [1.165, 1.54) is 11.0 Å². The zero-order chi connectivity index (χ0) is 29.1. The first-order chi connectivity index (χ1) is 19.8. The zero-order valence-electron chi connectivity index (χ0n) is 23.6. The Balaban J connectivity index is 1.41. The number of phenols is 1. The molecule has 0 radical (unpaired) electrons. The van der Waals surface area contributed by atoms with E-state index in [1.54, 1.807) is 12.1 Å². The molecule has 218 valence electrons. The van der Waals surface area contributed by atoms with E-state index in [1.807, 2.05) is 43.3 Å². The van der Waals surface area contributed by atoms with Gasteiger partial charge in [-0.1, -0.05) is 73.7 Å². The maximum Gasteiger partial charge on any atom is 0.234 e. The van der Waals surface area contributed by atoms with E-state index in [2.05, 4.69) is 0 Å². The molecule has 0 aromatic heterocycles. The number of phenolic OH excluding ortho intramolecular Hbond substituents is 1. The number of hydrogen-bond acceptors (Lipinski definition) is 5. The number of fused-ring (bicyclic) bond motifs is 1. The Morgan fingerprint density at radius 1 is 1.07 bits per heavy atom. The number of aliphatic hydroxyl groups is 2. The summed E-state index contributed by atoms with van der Waals surface area (Å²) in [5.41, 5.74) is 4.45. The highest BCUT2D eigenvalue weighted by Gasteiger charge is 2.56. The molecule has 0 unspecified atom stereocenters. The first-order valence-electron chi connectivity index (χ1n) is 15.0. The fraction of sp³-hybridized carbons (Fsp3) is 0.471. The molecule has 7 heteroatoms. The lowest BCUT2D eigenvalue weighted by Crippen LogP contribution is -2.42. The Bertz CT molecular complexity index is 1330. The third kappa shape index (κ3) is 6.01. The number of carbonyl (C=O) groups is 2. The molecule has 1 heterocycles. The van der Waals surface area contributed by atoms with E-state index in [0.717, 1.165) is 60.0 Å². The molecule has 41 heavy (non-hydrogen) atoms. The van der Waals surface area contributed by atoms with Crippen LogP contribution in [0.5, 0.6) is 5.75 Å². The number of aromatic hydroxyl groups is 1. The summed E-state index contributed by atoms with van der Waals surface area (Å²) in [5, 5.41) is 32.5. The van der Waals surface area contributed by atoms with Crippen molar-refractivity contribution in [1.82, 2.24) is 4.90 Å². The summed E-state index contributed by atoms with van der Waals surface area (Å²) < 4.78 is 0. The molecule has 2 aromatic rings. The number of carbonyl (C=O) groups excluding carboxylic acids is 2. The maximum absolute atomic E-state index is 13.7. The molecule has 3 N–H and O–H groups in total. The molecule has 3 aliphatic rings. The van der Waals surface area contributed by atoms with Gasteiger partial charge < -0.3 is 15.3 Å². The number of hydrogen-bond donors (Lipinski definition) is 3. The van der Waals surface area contributed by atoms with E-state index < -0.39 is 23.9 Å². The summed E-state index contributed by atoms with van der Waals surface area (Å²) in [5.74, 6) is -1.81. The van der Waals surface area contributed by atoms with Crippen LogP contribution in [0.2, 0.25) is 5.02 Å². The van der Waals surface area contributed by atoms with Crippen molar-refractivity contribution in [2.75, 3.05) is 6.61 Å². The van der Waals surface area contributed by atoms with Crippen LogP contribution in [0.25, 0.3) is 11.6 Å². The van der Waals surface area contributed by atoms with Gasteiger partial charge in [-0.25, -0.2) is 0 Å². The second-order valence-corrected chi connectivity index (χ2v) is 12.1. The number of rotatable bonds is 9. The predicted molar refractivity (Wildman–Crippen MR) is 161 cm³/mol. The summed E-state index contributed by atoms with van der Waals surface area (Å²) >= 11 is 6.41. The minimum absolute atomic E-state index is 0.0440. The lowest BCUT2D eigenvalue weighted by Gasteiger charge is -2.36. The van der Waals surface area contributed by atoms with Crippen LogP contribution in [0, 0.1) is 17.8 Å². The molecule has 2 aliphatic carbocycles. The van der Waals surface area contributed by atoms with Gasteiger partial charge >= 0.3 is 0 Å². The van der Waals surface area contributed by atoms with Crippen LogP contribution in [-0.2, 0) is 9.59 Å². The molecular formula is C34H40ClNO5. The van der Waals surface area contributed by atoms with Gasteiger partial charge in [0.25, 0.3) is 0 Å². The van der Waals surface area contributed by atoms with Crippen molar-refractivity contribution in [1.29, 1.82) is 0 Å². The van der Waals surface area contributed by atoms with Crippen LogP contribution >= 0.6 is 11.6 Å². The summed E-state index contributed by atoms with van der Waals surface area (Å²) in [6.07, 6.45) is 8.02. The van der Waals surface area contributed by atoms with E-state index in [0.29, 0.717) is 30.7 Å². The molecular weight excluding hydrogens is 538 g/mol. The second kappa shape index (κ2) is 12.9. The topological polar surface area (TPSA) is 98.1 Å². The van der Waals surface area contributed by atoms with Crippen LogP contribution in [0.4, 0.5) is 0 Å². The normalized spacial score (nSPS) is 24.6. The van der Waals surface area contributed by atoms with Crippen molar-refractivity contribution in [2.24, 2.45) is 17.8 Å². The van der Waals surface area contributed by atoms with Gasteiger partial charge in [-0.2, -0.15) is 0 Å². The fourth-order valence-electron chi connectivity index (χ4n) is 7.24. The Morgan fingerprint density at radius 2 is 1.80 bits per heavy atom. The van der Waals surface area contributed by atoms with Crippen LogP contribution < -0.4 is 0 Å². The number of amides is 2. The van der Waals surface area contributed by atoms with Crippen molar-refractivity contribution in [3.8, 4) is 5.75 Å². The average molecular weight is 578 g/mol. The monoisotopic (exact) mass is 577 g/mol. The van der Waals surface area contributed by atoms with Crippen LogP contribution in [-0.4, -0.2) is 50.8 Å². The molecule has 1 saturated heterocycles. The summed E-state index contributed by atoms with van der Waals surface area (Å²) in [7, 11) is 0. The zero-order valence-corrected chi connectivity index (χ0v) is 24.4. The predicted octanol–water partition coefficient (Wildman–Crippen LogP) is 6.38. The van der Waals surface area contributed by atoms with E-state index in [9.17, 15) is 24.9 Å². The third-order valence-corrected chi connectivity index (χ3v) is 9.61. The average Bonchev–Trinajstić information content (AvgIpc) is 3.24. The number of benzene rings is 2. The molecule has 2 amide bonds. The smallest absolute Gasteiger partial charge is 0.234 e. The molecule has 2 aromatic carbocycles. The van der Waals surface area contributed by atoms with Gasteiger partial charge in [-0.05, 0) is 85.1 Å². The van der Waals surface area contributed by atoms with Crippen molar-refractivity contribution in [3.63, 3.8) is 0 Å². The van der Waals surface area contributed by atoms with E-state index in [-0.39, 0.29) is 30.2 Å². The van der Waals surface area contributed by atoms with Gasteiger partial charge in [-0.3, -0.25) is 14.5 Å². The third-order valence-electron chi connectivity index (χ3n) is 9.29. The number of likely N-dealkylation sites (tertiary alicyclic amines) is 1. The van der Waals surface area contributed by atoms with Gasteiger partial charge in [0.1, 0.15) is 5.75 Å². The van der Waals surface area contributed by atoms with Gasteiger partial charge in [0.05, 0.1) is 29.6 Å². The van der Waals surface area contributed by atoms with Crippen molar-refractivity contribution in [3.05, 3.63) is 75.8 Å². The summed E-state index contributed by atoms with van der Waals surface area (Å²) in [6.45, 7) is 1.73. The van der Waals surface area contributed by atoms with Crippen LogP contribution in [0.15, 0.2) is 59.7 Å². The Kier molecular flexibility index (Phi) is 9.32. The standard InChI is InChI=1S/C34H40ClNO5/c1-2-21-18-27-32(34(41)36(33(27)40)25-11-7-4-8-12-25)28(20-37)31(21)30(39)16-14-23(22-9-5-3-6-10-22)17-24-13-15-26(38)19-29(24)35/h3,5-6,9-10,13,15,17,19,25,27-28,30,32,37-39H,2,4,7-8,11-12,14,16,18,20H2,1H3/b23-17-/t27-,28+,30-,32-/m1/s1. The number of nitrogens with zero attached hydrogens (tertiary/aromatic N) is 1. The lowest BCUT2D eigenvalue weighted by atomic mass is 9.67. The minimum atomic E-state index is -0.864. The van der Waals surface area contributed by atoms with Gasteiger partial charge in [0.15, 0.2) is 0 Å². The number of allylic oxidation sites excluding steroid dienone is 2. The van der Waals surface area contributed by atoms with Gasteiger partial charge in [0, 0.05) is 12.0 Å². The molecule has 4 atom stereocenters. The Labute approximate surface area is 247 Å². The Hall–Kier alpha value is -2.93. The van der Waals surface area contributed by atoms with Gasteiger partial charge in [0.2, 0.25) is 11.8 Å². The fourth-order valence-corrected chi connectivity index (χ4v) is 7.47. The van der Waals surface area contributed by atoms with Crippen molar-refractivity contribution in [2.45, 2.75) is 76.9 Å². The van der Waals surface area contributed by atoms with Crippen LogP contribution in [0.3, 0.4) is 0 Å². The minimum Gasteiger partial charge on any atom is -0.508 e. The highest BCUT2D eigenvalue weighted by molar-refractivity contribution is 6.32. The molecule has 0 bridgehead atoms. The molecule has 2 fully saturated rings. The number of halogens is 1. The maximum atomic E-state index is 13.7. The number of imide groups is 1. The quantitative estimate of drug-likeness (QED) is 0.182. The van der Waals surface area contributed by atoms with Crippen molar-refractivity contribution >= 4 is 35.1 Å². The highest BCUT2D eigenvalue weighted by Crippen LogP contribution is 2.48. The molecule has 1 aliphatic heterocycles. The van der Waals surface area contributed by atoms with E-state index >= 15 is 0 Å². The lowest BCUT2D eigenvalue weighted by molar-refractivity contribution is -0.143. The molecule has 6 nitrogen and oxygen atoms in total. The van der Waals surface area contributed by atoms with Crippen LogP contribution in [0.1, 0.15) is 75.8 Å². The van der Waals surface area contributed by atoms with E-state index in [4.69, 9.17) is 11.6 Å². The largest absolute Gasteiger partial charge is 0.508 e. The number of aliphatic hydroxyl groups excluding tert-OH is 2.